The minimum Gasteiger partial charge on any atom is 1.00 e. The van der Waals surface area contributed by atoms with E-state index in [0.29, 0.717) is 0 Å². The van der Waals surface area contributed by atoms with Crippen LogP contribution in [-0.2, 0) is 13.9 Å². The van der Waals surface area contributed by atoms with Crippen LogP contribution in [0.25, 0.3) is 0 Å². The van der Waals surface area contributed by atoms with E-state index in [2.05, 4.69) is 0 Å². The number of hydrogen-bond acceptors (Lipinski definition) is 12. The molecule has 112 valence electrons. The minimum atomic E-state index is -10.8. The zero-order valence-electron chi connectivity index (χ0n) is 8.92. The standard InChI is InChI=1S/6NO2.Na.Rh/c6*2-1-3;;/q;;;;;;+1;-1. The van der Waals surface area contributed by atoms with Gasteiger partial charge in [-0.05, 0) is 0 Å². The third kappa shape index (κ3) is 1.07. The molecule has 0 N–H and O–H groups in total. The van der Waals surface area contributed by atoms with Gasteiger partial charge in [0.2, 0.25) is 0 Å². The maximum absolute atomic E-state index is 10.8. The molecule has 0 heterocycles. The van der Waals surface area contributed by atoms with Gasteiger partial charge in [-0.25, -0.2) is 0 Å². The minimum absolute atomic E-state index is 0. The summed E-state index contributed by atoms with van der Waals surface area (Å²) in [6, 6.07) is 0. The molecule has 20 heteroatoms. The Morgan fingerprint density at radius 2 is 0.550 bits per heavy atom. The van der Waals surface area contributed by atoms with Crippen molar-refractivity contribution in [2.24, 2.45) is 0 Å². The summed E-state index contributed by atoms with van der Waals surface area (Å²) in [5.41, 5.74) is 0. The van der Waals surface area contributed by atoms with Crippen molar-refractivity contribution in [2.45, 2.75) is 0 Å². The van der Waals surface area contributed by atoms with Gasteiger partial charge in [-0.3, -0.25) is 0 Å². The number of hydrogen-bond donors (Lipinski definition) is 0. The first-order valence-corrected chi connectivity index (χ1v) is 7.48. The zero-order valence-corrected chi connectivity index (χ0v) is 12.6. The van der Waals surface area contributed by atoms with Gasteiger partial charge in [0.05, 0.1) is 0 Å². The van der Waals surface area contributed by atoms with Crippen molar-refractivity contribution in [3.63, 3.8) is 0 Å². The van der Waals surface area contributed by atoms with Crippen LogP contribution in [0.2, 0.25) is 0 Å². The molecule has 0 aromatic heterocycles. The molecule has 0 atom stereocenters. The van der Waals surface area contributed by atoms with Crippen LogP contribution in [0.15, 0.2) is 0 Å². The summed E-state index contributed by atoms with van der Waals surface area (Å²) in [4.78, 5) is 63.3. The van der Waals surface area contributed by atoms with E-state index in [9.17, 15) is 60.7 Å². The Bertz CT molecular complexity index is 431. The SMILES string of the molecule is O=[N+]([O-])[Rh-]([N+](=O)[O-])([N+](=O)[O-])([N+](=O)[O-])([N+](=O)[O-])[N+](=O)[O-].[Na+]. The van der Waals surface area contributed by atoms with Gasteiger partial charge in [0.1, 0.15) is 0 Å². The Morgan fingerprint density at radius 1 is 0.450 bits per heavy atom. The maximum Gasteiger partial charge on any atom is 1.00 e. The van der Waals surface area contributed by atoms with Crippen molar-refractivity contribution in [3.8, 4) is 0 Å². The van der Waals surface area contributed by atoms with Crippen molar-refractivity contribution >= 4 is 0 Å². The second-order valence-electron chi connectivity index (χ2n) is 2.18. The summed E-state index contributed by atoms with van der Waals surface area (Å²) < 4.78 is -19.4. The monoisotopic (exact) mass is 402 g/mol. The van der Waals surface area contributed by atoms with Crippen LogP contribution in [0, 0.1) is 60.7 Å². The van der Waals surface area contributed by atoms with Crippen LogP contribution >= 0.6 is 0 Å². The molecule has 0 aliphatic heterocycles. The van der Waals surface area contributed by atoms with Gasteiger partial charge in [-0.1, -0.05) is 0 Å². The van der Waals surface area contributed by atoms with Gasteiger partial charge in [-0.2, -0.15) is 0 Å². The first kappa shape index (κ1) is 20.3. The molecule has 0 bridgehead atoms. The fourth-order valence-corrected chi connectivity index (χ4v) is 3.94. The normalized spacial score (nSPS) is 13.8. The first-order valence-electron chi connectivity index (χ1n) is 3.09. The summed E-state index contributed by atoms with van der Waals surface area (Å²) in [5, 5.41) is 63.3. The molecular formula is N6NaO12Rh. The summed E-state index contributed by atoms with van der Waals surface area (Å²) in [7, 11) is 0. The van der Waals surface area contributed by atoms with Crippen LogP contribution in [0.5, 0.6) is 0 Å². The molecule has 0 unspecified atom stereocenters. The molecule has 0 rings (SSSR count). The van der Waals surface area contributed by atoms with Gasteiger partial charge in [0.25, 0.3) is 0 Å². The number of nitrogens with zero attached hydrogens (tertiary/aromatic N) is 6. The molecule has 0 saturated carbocycles. The van der Waals surface area contributed by atoms with E-state index >= 15 is 0 Å². The number of rotatable bonds is 6. The zero-order chi connectivity index (χ0) is 15.9. The van der Waals surface area contributed by atoms with E-state index < -0.39 is 35.9 Å². The molecule has 0 aromatic carbocycles. The molecular weight excluding hydrogens is 402 g/mol. The molecule has 0 spiro atoms. The van der Waals surface area contributed by atoms with E-state index in [1.807, 2.05) is 0 Å². The summed E-state index contributed by atoms with van der Waals surface area (Å²) in [6.07, 6.45) is 0. The van der Waals surface area contributed by atoms with E-state index in [1.54, 1.807) is 0 Å². The summed E-state index contributed by atoms with van der Waals surface area (Å²) >= 11 is -10.8. The molecule has 0 fully saturated rings. The molecule has 0 amide bonds. The second-order valence-corrected chi connectivity index (χ2v) is 10.7. The fraction of sp³-hybridized carbons (Fsp3) is 0. The van der Waals surface area contributed by atoms with Crippen LogP contribution in [0.3, 0.4) is 0 Å². The molecule has 0 saturated heterocycles. The Morgan fingerprint density at radius 3 is 0.550 bits per heavy atom. The van der Waals surface area contributed by atoms with Crippen molar-refractivity contribution in [1.29, 1.82) is 0 Å². The van der Waals surface area contributed by atoms with E-state index in [-0.39, 0.29) is 29.6 Å². The topological polar surface area (TPSA) is 259 Å². The Kier molecular flexibility index (Phi) is 4.62. The third-order valence-corrected chi connectivity index (χ3v) is 9.66. The molecule has 0 aromatic rings. The number of nitro groups is 6. The Balaban J connectivity index is 0. The van der Waals surface area contributed by atoms with E-state index in [4.69, 9.17) is 0 Å². The van der Waals surface area contributed by atoms with Crippen molar-refractivity contribution in [1.82, 2.24) is 0 Å². The molecule has 20 heavy (non-hydrogen) atoms. The van der Waals surface area contributed by atoms with Crippen molar-refractivity contribution in [2.75, 3.05) is 0 Å². The van der Waals surface area contributed by atoms with Crippen LogP contribution in [0.1, 0.15) is 0 Å². The second kappa shape index (κ2) is 4.54. The van der Waals surface area contributed by atoms with Crippen LogP contribution in [0.4, 0.5) is 0 Å². The predicted octanol–water partition coefficient (Wildman–Crippen LogP) is -4.63. The van der Waals surface area contributed by atoms with Crippen molar-refractivity contribution < 1.29 is 65.4 Å². The Labute approximate surface area is 126 Å². The first-order chi connectivity index (χ1) is 8.34. The van der Waals surface area contributed by atoms with Crippen LogP contribution < -0.4 is 29.6 Å². The Hall–Kier alpha value is -1.98. The molecule has 0 aliphatic rings. The van der Waals surface area contributed by atoms with E-state index in [0.717, 1.165) is 0 Å². The molecule has 0 radical (unpaired) electrons. The fourth-order valence-electron chi connectivity index (χ4n) is 0.667. The van der Waals surface area contributed by atoms with Gasteiger partial charge in [0.15, 0.2) is 0 Å². The van der Waals surface area contributed by atoms with Gasteiger partial charge in [-0.15, -0.1) is 0 Å². The van der Waals surface area contributed by atoms with Crippen LogP contribution in [-0.4, -0.2) is 22.0 Å². The summed E-state index contributed by atoms with van der Waals surface area (Å²) in [6.45, 7) is 0. The molecule has 0 aliphatic carbocycles. The average molecular weight is 402 g/mol. The largest absolute Gasteiger partial charge is 1.00 e. The smallest absolute Gasteiger partial charge is 1.00 e. The van der Waals surface area contributed by atoms with Gasteiger partial charge < -0.3 is 0 Å². The quantitative estimate of drug-likeness (QED) is 0.231. The molecule has 18 nitrogen and oxygen atoms in total. The average Bonchev–Trinajstić information content (AvgIpc) is 2.15. The van der Waals surface area contributed by atoms with Crippen molar-refractivity contribution in [3.05, 3.63) is 60.7 Å². The van der Waals surface area contributed by atoms with Gasteiger partial charge >= 0.3 is 126 Å². The maximum atomic E-state index is 10.5. The predicted molar refractivity (Wildman–Crippen MR) is 42.0 cm³/mol. The third-order valence-electron chi connectivity index (χ3n) is 1.63. The summed E-state index contributed by atoms with van der Waals surface area (Å²) in [5.74, 6) is 0. The van der Waals surface area contributed by atoms with E-state index in [1.165, 1.54) is 0 Å². The van der Waals surface area contributed by atoms with Gasteiger partial charge in [0, 0.05) is 0 Å².